The second kappa shape index (κ2) is 5.81. The average Bonchev–Trinajstić information content (AvgIpc) is 2.25. The maximum atomic E-state index is 11.4. The van der Waals surface area contributed by atoms with Gasteiger partial charge in [-0.3, -0.25) is 9.59 Å². The Kier molecular flexibility index (Phi) is 4.35. The molecule has 80 valence electrons. The van der Waals surface area contributed by atoms with Crippen molar-refractivity contribution in [3.63, 3.8) is 0 Å². The van der Waals surface area contributed by atoms with Gasteiger partial charge in [0.25, 0.3) is 5.91 Å². The number of hydrogen-bond acceptors (Lipinski definition) is 3. The normalized spacial score (nSPS) is 14.9. The molecule has 0 aromatic heterocycles. The summed E-state index contributed by atoms with van der Waals surface area (Å²) in [5, 5.41) is 6.36. The van der Waals surface area contributed by atoms with Crippen molar-refractivity contribution >= 4 is 17.5 Å². The maximum Gasteiger partial charge on any atom is 0.267 e. The highest BCUT2D eigenvalue weighted by Gasteiger charge is 2.17. The van der Waals surface area contributed by atoms with E-state index in [9.17, 15) is 9.59 Å². The van der Waals surface area contributed by atoms with Crippen LogP contribution >= 0.6 is 0 Å². The first kappa shape index (κ1) is 11.2. The molecular weight excluding hydrogens is 194 g/mol. The fraction of sp³-hybridized carbons (Fsp3) is 0.500. The predicted octanol–water partition coefficient (Wildman–Crippen LogP) is -0.218. The van der Waals surface area contributed by atoms with Crippen LogP contribution in [0.2, 0.25) is 0 Å². The Morgan fingerprint density at radius 1 is 1.60 bits per heavy atom. The zero-order valence-corrected chi connectivity index (χ0v) is 8.38. The summed E-state index contributed by atoms with van der Waals surface area (Å²) in [5.41, 5.74) is 2.64. The van der Waals surface area contributed by atoms with Crippen LogP contribution in [0.25, 0.3) is 0 Å². The lowest BCUT2D eigenvalue weighted by molar-refractivity contribution is -0.121. The predicted molar refractivity (Wildman–Crippen MR) is 55.9 cm³/mol. The molecule has 0 radical (unpaired) electrons. The van der Waals surface area contributed by atoms with Gasteiger partial charge >= 0.3 is 0 Å². The number of rotatable bonds is 4. The summed E-state index contributed by atoms with van der Waals surface area (Å²) in [4.78, 5) is 22.2. The minimum absolute atomic E-state index is 0.154. The first-order chi connectivity index (χ1) is 7.24. The number of unbranched alkanes of at least 4 members (excludes halogenated alkanes) is 1. The Morgan fingerprint density at radius 2 is 2.40 bits per heavy atom. The third-order valence-electron chi connectivity index (χ3n) is 1.95. The summed E-state index contributed by atoms with van der Waals surface area (Å²) in [5.74, 6) is 2.10. The van der Waals surface area contributed by atoms with E-state index in [4.69, 9.17) is 6.42 Å². The molecule has 15 heavy (non-hydrogen) atoms. The van der Waals surface area contributed by atoms with Crippen LogP contribution in [0.4, 0.5) is 0 Å². The van der Waals surface area contributed by atoms with E-state index in [2.05, 4.69) is 21.8 Å². The number of hydrazone groups is 1. The standard InChI is InChI=1S/C10H13N3O2/c1-2-3-4-7-11-10(15)8-5-6-9(14)13-12-8/h1H,3-7H2,(H,11,15)(H,13,14). The van der Waals surface area contributed by atoms with Crippen molar-refractivity contribution in [1.29, 1.82) is 0 Å². The second-order valence-electron chi connectivity index (χ2n) is 3.16. The topological polar surface area (TPSA) is 70.6 Å². The largest absolute Gasteiger partial charge is 0.351 e. The van der Waals surface area contributed by atoms with Gasteiger partial charge in [0, 0.05) is 25.8 Å². The molecule has 0 fully saturated rings. The molecule has 0 aliphatic carbocycles. The zero-order chi connectivity index (χ0) is 11.1. The highest BCUT2D eigenvalue weighted by Crippen LogP contribution is 1.99. The van der Waals surface area contributed by atoms with Crippen LogP contribution < -0.4 is 10.7 Å². The summed E-state index contributed by atoms with van der Waals surface area (Å²) < 4.78 is 0. The van der Waals surface area contributed by atoms with Crippen LogP contribution in [0.1, 0.15) is 25.7 Å². The van der Waals surface area contributed by atoms with Crippen molar-refractivity contribution in [3.05, 3.63) is 0 Å². The van der Waals surface area contributed by atoms with Crippen molar-refractivity contribution in [1.82, 2.24) is 10.7 Å². The SMILES string of the molecule is C#CCCCNC(=O)C1=NNC(=O)CC1. The van der Waals surface area contributed by atoms with Gasteiger partial charge in [-0.15, -0.1) is 12.3 Å². The van der Waals surface area contributed by atoms with Gasteiger partial charge < -0.3 is 5.32 Å². The fourth-order valence-electron chi connectivity index (χ4n) is 1.13. The Bertz CT molecular complexity index is 328. The van der Waals surface area contributed by atoms with Crippen LogP contribution in [-0.2, 0) is 9.59 Å². The first-order valence-corrected chi connectivity index (χ1v) is 4.81. The minimum atomic E-state index is -0.230. The molecule has 1 aliphatic heterocycles. The summed E-state index contributed by atoms with van der Waals surface area (Å²) in [6.07, 6.45) is 7.18. The molecule has 1 heterocycles. The van der Waals surface area contributed by atoms with Gasteiger partial charge in [-0.2, -0.15) is 5.10 Å². The summed E-state index contributed by atoms with van der Waals surface area (Å²) in [6.45, 7) is 0.538. The molecular formula is C10H13N3O2. The number of carbonyl (C=O) groups is 2. The smallest absolute Gasteiger partial charge is 0.267 e. The molecule has 0 unspecified atom stereocenters. The van der Waals surface area contributed by atoms with Crippen molar-refractivity contribution in [2.75, 3.05) is 6.54 Å². The molecule has 0 spiro atoms. The quantitative estimate of drug-likeness (QED) is 0.494. The lowest BCUT2D eigenvalue weighted by atomic mass is 10.1. The van der Waals surface area contributed by atoms with E-state index in [0.717, 1.165) is 6.42 Å². The molecule has 0 atom stereocenters. The number of hydrogen-bond donors (Lipinski definition) is 2. The van der Waals surface area contributed by atoms with E-state index in [-0.39, 0.29) is 11.8 Å². The van der Waals surface area contributed by atoms with Gasteiger partial charge in [-0.1, -0.05) is 0 Å². The van der Waals surface area contributed by atoms with E-state index in [1.54, 1.807) is 0 Å². The summed E-state index contributed by atoms with van der Waals surface area (Å²) >= 11 is 0. The molecule has 1 aliphatic rings. The molecule has 2 amide bonds. The Hall–Kier alpha value is -1.83. The number of nitrogens with one attached hydrogen (secondary N) is 2. The van der Waals surface area contributed by atoms with Crippen molar-refractivity contribution in [3.8, 4) is 12.3 Å². The average molecular weight is 207 g/mol. The number of amides is 2. The van der Waals surface area contributed by atoms with E-state index < -0.39 is 0 Å². The molecule has 0 saturated carbocycles. The van der Waals surface area contributed by atoms with Crippen LogP contribution in [0.5, 0.6) is 0 Å². The molecule has 0 aromatic rings. The van der Waals surface area contributed by atoms with E-state index in [1.165, 1.54) is 0 Å². The Labute approximate surface area is 88.3 Å². The van der Waals surface area contributed by atoms with Crippen LogP contribution in [0, 0.1) is 12.3 Å². The van der Waals surface area contributed by atoms with Crippen molar-refractivity contribution in [2.45, 2.75) is 25.7 Å². The first-order valence-electron chi connectivity index (χ1n) is 4.81. The Balaban J connectivity index is 2.29. The van der Waals surface area contributed by atoms with Gasteiger partial charge in [0.2, 0.25) is 5.91 Å². The zero-order valence-electron chi connectivity index (χ0n) is 8.38. The van der Waals surface area contributed by atoms with Gasteiger partial charge in [-0.05, 0) is 6.42 Å². The Morgan fingerprint density at radius 3 is 3.00 bits per heavy atom. The lowest BCUT2D eigenvalue weighted by Gasteiger charge is -2.11. The highest BCUT2D eigenvalue weighted by atomic mass is 16.2. The third-order valence-corrected chi connectivity index (χ3v) is 1.95. The number of carbonyl (C=O) groups excluding carboxylic acids is 2. The highest BCUT2D eigenvalue weighted by molar-refractivity contribution is 6.39. The van der Waals surface area contributed by atoms with Gasteiger partial charge in [0.15, 0.2) is 0 Å². The second-order valence-corrected chi connectivity index (χ2v) is 3.16. The maximum absolute atomic E-state index is 11.4. The molecule has 5 nitrogen and oxygen atoms in total. The molecule has 2 N–H and O–H groups in total. The van der Waals surface area contributed by atoms with Crippen molar-refractivity contribution in [2.24, 2.45) is 5.10 Å². The minimum Gasteiger partial charge on any atom is -0.351 e. The summed E-state index contributed by atoms with van der Waals surface area (Å²) in [6, 6.07) is 0. The van der Waals surface area contributed by atoms with E-state index in [0.29, 0.717) is 31.5 Å². The summed E-state index contributed by atoms with van der Waals surface area (Å²) in [7, 11) is 0. The van der Waals surface area contributed by atoms with Crippen LogP contribution in [0.3, 0.4) is 0 Å². The van der Waals surface area contributed by atoms with Crippen LogP contribution in [-0.4, -0.2) is 24.1 Å². The van der Waals surface area contributed by atoms with Gasteiger partial charge in [-0.25, -0.2) is 5.43 Å². The van der Waals surface area contributed by atoms with Gasteiger partial charge in [0.1, 0.15) is 5.71 Å². The molecule has 0 aromatic carbocycles. The molecule has 5 heteroatoms. The molecule has 1 rings (SSSR count). The van der Waals surface area contributed by atoms with E-state index in [1.807, 2.05) is 0 Å². The van der Waals surface area contributed by atoms with Crippen LogP contribution in [0.15, 0.2) is 5.10 Å². The molecule has 0 bridgehead atoms. The fourth-order valence-corrected chi connectivity index (χ4v) is 1.13. The number of terminal acetylenes is 1. The van der Waals surface area contributed by atoms with Gasteiger partial charge in [0.05, 0.1) is 0 Å². The molecule has 0 saturated heterocycles. The lowest BCUT2D eigenvalue weighted by Crippen LogP contribution is -2.37. The third kappa shape index (κ3) is 3.81. The monoisotopic (exact) mass is 207 g/mol. The van der Waals surface area contributed by atoms with Crippen molar-refractivity contribution < 1.29 is 9.59 Å². The number of nitrogens with zero attached hydrogens (tertiary/aromatic N) is 1. The van der Waals surface area contributed by atoms with E-state index >= 15 is 0 Å².